The molecule has 0 radical (unpaired) electrons. The molecule has 0 spiro atoms. The van der Waals surface area contributed by atoms with Crippen molar-refractivity contribution in [1.29, 1.82) is 0 Å². The van der Waals surface area contributed by atoms with E-state index >= 15 is 0 Å². The van der Waals surface area contributed by atoms with Crippen LogP contribution in [-0.4, -0.2) is 30.2 Å². The van der Waals surface area contributed by atoms with Crippen LogP contribution in [-0.2, 0) is 9.59 Å². The Hall–Kier alpha value is -3.06. The highest BCUT2D eigenvalue weighted by molar-refractivity contribution is 6.30. The van der Waals surface area contributed by atoms with E-state index in [1.165, 1.54) is 19.4 Å². The summed E-state index contributed by atoms with van der Waals surface area (Å²) >= 11 is 5.84. The normalized spacial score (nSPS) is 10.5. The van der Waals surface area contributed by atoms with Crippen molar-refractivity contribution in [3.05, 3.63) is 53.1 Å². The number of methoxy groups -OCH3 is 1. The predicted molar refractivity (Wildman–Crippen MR) is 99.7 cm³/mol. The van der Waals surface area contributed by atoms with Gasteiger partial charge in [-0.25, -0.2) is 5.43 Å². The second-order valence-electron chi connectivity index (χ2n) is 5.28. The van der Waals surface area contributed by atoms with Crippen molar-refractivity contribution in [2.75, 3.05) is 12.4 Å². The number of carbonyl (C=O) groups excluding carboxylic acids is 2. The molecule has 0 aromatic heterocycles. The van der Waals surface area contributed by atoms with Gasteiger partial charge in [0.05, 0.1) is 13.3 Å². The Morgan fingerprint density at radius 3 is 2.65 bits per heavy atom. The Balaban J connectivity index is 1.76. The van der Waals surface area contributed by atoms with Gasteiger partial charge >= 0.3 is 0 Å². The number of amides is 2. The number of benzene rings is 2. The third kappa shape index (κ3) is 6.10. The lowest BCUT2D eigenvalue weighted by Crippen LogP contribution is -2.20. The van der Waals surface area contributed by atoms with Crippen molar-refractivity contribution in [3.8, 4) is 11.5 Å². The van der Waals surface area contributed by atoms with Gasteiger partial charge in [0.1, 0.15) is 0 Å². The smallest absolute Gasteiger partial charge is 0.240 e. The van der Waals surface area contributed by atoms with Gasteiger partial charge in [-0.3, -0.25) is 9.59 Å². The number of nitrogens with zero attached hydrogens (tertiary/aromatic N) is 1. The molecular weight excluding hydrogens is 358 g/mol. The van der Waals surface area contributed by atoms with Crippen molar-refractivity contribution in [3.63, 3.8) is 0 Å². The monoisotopic (exact) mass is 375 g/mol. The van der Waals surface area contributed by atoms with E-state index in [0.717, 1.165) is 0 Å². The van der Waals surface area contributed by atoms with Gasteiger partial charge in [-0.1, -0.05) is 17.7 Å². The molecule has 26 heavy (non-hydrogen) atoms. The van der Waals surface area contributed by atoms with E-state index in [0.29, 0.717) is 22.0 Å². The zero-order valence-corrected chi connectivity index (χ0v) is 14.8. The van der Waals surface area contributed by atoms with Gasteiger partial charge in [-0.05, 0) is 42.0 Å². The molecule has 136 valence electrons. The maximum Gasteiger partial charge on any atom is 0.240 e. The van der Waals surface area contributed by atoms with E-state index in [1.54, 1.807) is 36.4 Å². The van der Waals surface area contributed by atoms with E-state index < -0.39 is 5.91 Å². The highest BCUT2D eigenvalue weighted by Crippen LogP contribution is 2.25. The summed E-state index contributed by atoms with van der Waals surface area (Å²) in [7, 11) is 1.45. The summed E-state index contributed by atoms with van der Waals surface area (Å²) in [6.45, 7) is 0. The maximum absolute atomic E-state index is 11.8. The van der Waals surface area contributed by atoms with Gasteiger partial charge in [0.2, 0.25) is 11.8 Å². The topological polar surface area (TPSA) is 100 Å². The van der Waals surface area contributed by atoms with E-state index in [9.17, 15) is 14.7 Å². The van der Waals surface area contributed by atoms with Crippen LogP contribution in [0.5, 0.6) is 11.5 Å². The van der Waals surface area contributed by atoms with Gasteiger partial charge in [0.15, 0.2) is 11.5 Å². The zero-order valence-electron chi connectivity index (χ0n) is 14.0. The molecule has 0 fully saturated rings. The van der Waals surface area contributed by atoms with Crippen LogP contribution in [0.4, 0.5) is 5.69 Å². The van der Waals surface area contributed by atoms with E-state index in [1.807, 2.05) is 0 Å². The quantitative estimate of drug-likeness (QED) is 0.511. The number of hydrazone groups is 1. The van der Waals surface area contributed by atoms with Crippen molar-refractivity contribution >= 4 is 35.3 Å². The molecule has 2 aromatic carbocycles. The number of hydrogen-bond acceptors (Lipinski definition) is 5. The molecule has 8 heteroatoms. The van der Waals surface area contributed by atoms with E-state index in [4.69, 9.17) is 16.3 Å². The number of hydrogen-bond donors (Lipinski definition) is 3. The Bertz CT molecular complexity index is 824. The fraction of sp³-hybridized carbons (Fsp3) is 0.167. The van der Waals surface area contributed by atoms with Crippen molar-refractivity contribution < 1.29 is 19.4 Å². The molecule has 0 atom stereocenters. The number of halogens is 1. The molecule has 0 saturated carbocycles. The molecule has 2 amide bonds. The largest absolute Gasteiger partial charge is 0.504 e. The first kappa shape index (κ1) is 19.3. The van der Waals surface area contributed by atoms with Crippen LogP contribution in [0.2, 0.25) is 5.02 Å². The zero-order chi connectivity index (χ0) is 18.9. The third-order valence-corrected chi connectivity index (χ3v) is 3.53. The van der Waals surface area contributed by atoms with Crippen LogP contribution < -0.4 is 15.5 Å². The van der Waals surface area contributed by atoms with Crippen LogP contribution in [0.15, 0.2) is 47.6 Å². The SMILES string of the molecule is COc1ccc(/C=N\NC(=O)CCC(=O)Nc2cccc(Cl)c2)cc1O. The summed E-state index contributed by atoms with van der Waals surface area (Å²) in [6, 6.07) is 11.5. The van der Waals surface area contributed by atoms with Crippen molar-refractivity contribution in [1.82, 2.24) is 5.43 Å². The minimum Gasteiger partial charge on any atom is -0.504 e. The Morgan fingerprint density at radius 1 is 1.19 bits per heavy atom. The standard InChI is InChI=1S/C18H18ClN3O4/c1-26-16-6-5-12(9-15(16)23)11-20-22-18(25)8-7-17(24)21-14-4-2-3-13(19)10-14/h2-6,9-11,23H,7-8H2,1H3,(H,21,24)(H,22,25)/b20-11-. The Kier molecular flexibility index (Phi) is 6.99. The van der Waals surface area contributed by atoms with Gasteiger partial charge in [0, 0.05) is 23.6 Å². The van der Waals surface area contributed by atoms with Gasteiger partial charge < -0.3 is 15.2 Å². The fourth-order valence-electron chi connectivity index (χ4n) is 2.04. The van der Waals surface area contributed by atoms with Gasteiger partial charge in [0.25, 0.3) is 0 Å². The molecule has 0 bridgehead atoms. The van der Waals surface area contributed by atoms with Crippen LogP contribution in [0.3, 0.4) is 0 Å². The average Bonchev–Trinajstić information content (AvgIpc) is 2.60. The number of rotatable bonds is 7. The molecule has 0 heterocycles. The summed E-state index contributed by atoms with van der Waals surface area (Å²) < 4.78 is 4.94. The second-order valence-corrected chi connectivity index (χ2v) is 5.72. The van der Waals surface area contributed by atoms with Crippen molar-refractivity contribution in [2.24, 2.45) is 5.10 Å². The number of phenols is 1. The molecule has 2 aromatic rings. The number of nitrogens with one attached hydrogen (secondary N) is 2. The minimum atomic E-state index is -0.403. The molecule has 0 saturated heterocycles. The van der Waals surface area contributed by atoms with Gasteiger partial charge in [-0.15, -0.1) is 0 Å². The van der Waals surface area contributed by atoms with Crippen molar-refractivity contribution in [2.45, 2.75) is 12.8 Å². The summed E-state index contributed by atoms with van der Waals surface area (Å²) in [5.74, 6) is -0.385. The third-order valence-electron chi connectivity index (χ3n) is 3.29. The lowest BCUT2D eigenvalue weighted by Gasteiger charge is -2.05. The predicted octanol–water partition coefficient (Wildman–Crippen LogP) is 2.92. The van der Waals surface area contributed by atoms with E-state index in [2.05, 4.69) is 15.8 Å². The summed E-state index contributed by atoms with van der Waals surface area (Å²) in [5, 5.41) is 16.6. The van der Waals surface area contributed by atoms with Gasteiger partial charge in [-0.2, -0.15) is 5.10 Å². The fourth-order valence-corrected chi connectivity index (χ4v) is 2.23. The Morgan fingerprint density at radius 2 is 1.96 bits per heavy atom. The first-order valence-electron chi connectivity index (χ1n) is 7.72. The molecule has 3 N–H and O–H groups in total. The highest BCUT2D eigenvalue weighted by Gasteiger charge is 2.07. The molecule has 0 aliphatic heterocycles. The first-order chi connectivity index (χ1) is 12.5. The van der Waals surface area contributed by atoms with Crippen LogP contribution >= 0.6 is 11.6 Å². The number of anilines is 1. The first-order valence-corrected chi connectivity index (χ1v) is 8.10. The lowest BCUT2D eigenvalue weighted by atomic mass is 10.2. The van der Waals surface area contributed by atoms with Crippen LogP contribution in [0.25, 0.3) is 0 Å². The number of carbonyl (C=O) groups is 2. The second kappa shape index (κ2) is 9.43. The molecule has 0 aliphatic carbocycles. The summed E-state index contributed by atoms with van der Waals surface area (Å²) in [4.78, 5) is 23.5. The molecule has 0 aliphatic rings. The summed E-state index contributed by atoms with van der Waals surface area (Å²) in [5.41, 5.74) is 3.48. The number of aromatic hydroxyl groups is 1. The Labute approximate surface area is 155 Å². The molecule has 0 unspecified atom stereocenters. The minimum absolute atomic E-state index is 0.0111. The van der Waals surface area contributed by atoms with Crippen LogP contribution in [0, 0.1) is 0 Å². The van der Waals surface area contributed by atoms with E-state index in [-0.39, 0.29) is 24.5 Å². The molecule has 7 nitrogen and oxygen atoms in total. The molecular formula is C18H18ClN3O4. The maximum atomic E-state index is 11.8. The number of phenolic OH excluding ortho intramolecular Hbond substituents is 1. The average molecular weight is 376 g/mol. The molecule has 2 rings (SSSR count). The number of ether oxygens (including phenoxy) is 1. The van der Waals surface area contributed by atoms with Crippen LogP contribution in [0.1, 0.15) is 18.4 Å². The highest BCUT2D eigenvalue weighted by atomic mass is 35.5. The summed E-state index contributed by atoms with van der Waals surface area (Å²) in [6.07, 6.45) is 1.37. The lowest BCUT2D eigenvalue weighted by molar-refractivity contribution is -0.124.